The summed E-state index contributed by atoms with van der Waals surface area (Å²) in [5, 5.41) is 0. The van der Waals surface area contributed by atoms with E-state index in [1.54, 1.807) is 20.9 Å². The topological polar surface area (TPSA) is 35.2 Å². The molecule has 0 bridgehead atoms. The molecule has 0 unspecified atom stereocenters. The van der Waals surface area contributed by atoms with E-state index in [1.807, 2.05) is 0 Å². The van der Waals surface area contributed by atoms with Crippen molar-refractivity contribution >= 4 is 5.97 Å². The number of nitrogens with one attached hydrogen (secondary N) is 2. The fraction of sp³-hybridized carbons (Fsp3) is 0.850. The third-order valence-corrected chi connectivity index (χ3v) is 7.50. The first-order valence-corrected chi connectivity index (χ1v) is 10.0. The highest BCUT2D eigenvalue weighted by atomic mass is 16.6. The van der Waals surface area contributed by atoms with Gasteiger partial charge in [0.05, 0.1) is 13.6 Å². The third-order valence-electron chi connectivity index (χ3n) is 7.50. The first kappa shape index (κ1) is 16.6. The molecule has 0 spiro atoms. The van der Waals surface area contributed by atoms with Gasteiger partial charge in [-0.1, -0.05) is 18.1 Å². The Morgan fingerprint density at radius 3 is 2.75 bits per heavy atom. The third kappa shape index (κ3) is 2.82. The van der Waals surface area contributed by atoms with Gasteiger partial charge in [0.1, 0.15) is 38.2 Å². The molecule has 2 N–H and O–H groups in total. The lowest BCUT2D eigenvalue weighted by atomic mass is 9.59. The summed E-state index contributed by atoms with van der Waals surface area (Å²) in [7, 11) is 2.27. The number of quaternary nitrogens is 2. The van der Waals surface area contributed by atoms with Crippen molar-refractivity contribution in [3.63, 3.8) is 0 Å². The van der Waals surface area contributed by atoms with Crippen molar-refractivity contribution in [3.05, 3.63) is 11.1 Å². The number of rotatable bonds is 2. The maximum absolute atomic E-state index is 12.6. The quantitative estimate of drug-likeness (QED) is 0.545. The largest absolute Gasteiger partial charge is 0.462 e. The molecule has 2 aliphatic heterocycles. The molecule has 1 saturated carbocycles. The Labute approximate surface area is 146 Å². The van der Waals surface area contributed by atoms with Crippen molar-refractivity contribution in [2.24, 2.45) is 17.3 Å². The van der Waals surface area contributed by atoms with Crippen LogP contribution in [0.5, 0.6) is 0 Å². The molecule has 2 heterocycles. The number of piperazine rings is 1. The van der Waals surface area contributed by atoms with Crippen LogP contribution in [0.15, 0.2) is 11.1 Å². The fourth-order valence-electron chi connectivity index (χ4n) is 5.89. The summed E-state index contributed by atoms with van der Waals surface area (Å²) in [6.07, 6.45) is 6.19. The molecule has 2 aliphatic carbocycles. The highest BCUT2D eigenvalue weighted by Gasteiger charge is 2.54. The molecule has 0 amide bonds. The Balaban J connectivity index is 1.50. The second-order valence-corrected chi connectivity index (χ2v) is 9.24. The van der Waals surface area contributed by atoms with Gasteiger partial charge in [0.25, 0.3) is 0 Å². The summed E-state index contributed by atoms with van der Waals surface area (Å²) < 4.78 is 5.91. The highest BCUT2D eigenvalue weighted by molar-refractivity contribution is 5.75. The van der Waals surface area contributed by atoms with E-state index in [0.29, 0.717) is 11.3 Å². The van der Waals surface area contributed by atoms with E-state index in [2.05, 4.69) is 20.9 Å². The van der Waals surface area contributed by atoms with Gasteiger partial charge in [0.15, 0.2) is 0 Å². The summed E-state index contributed by atoms with van der Waals surface area (Å²) in [4.78, 5) is 15.9. The average molecular weight is 335 g/mol. The Hall–Kier alpha value is -0.870. The number of hydrogen-bond donors (Lipinski definition) is 2. The molecular weight excluding hydrogens is 300 g/mol. The van der Waals surface area contributed by atoms with Crippen molar-refractivity contribution in [2.75, 3.05) is 39.8 Å². The Bertz CT molecular complexity index is 550. The van der Waals surface area contributed by atoms with Crippen LogP contribution in [0.4, 0.5) is 0 Å². The summed E-state index contributed by atoms with van der Waals surface area (Å²) in [5.41, 5.74) is 3.58. The molecule has 4 aliphatic rings. The van der Waals surface area contributed by atoms with Gasteiger partial charge in [-0.15, -0.1) is 0 Å². The smallest absolute Gasteiger partial charge is 0.315 e. The van der Waals surface area contributed by atoms with Crippen LogP contribution >= 0.6 is 0 Å². The van der Waals surface area contributed by atoms with E-state index in [-0.39, 0.29) is 18.0 Å². The molecule has 3 fully saturated rings. The zero-order valence-corrected chi connectivity index (χ0v) is 15.6. The van der Waals surface area contributed by atoms with Crippen LogP contribution < -0.4 is 9.80 Å². The van der Waals surface area contributed by atoms with Gasteiger partial charge in [-0.3, -0.25) is 4.79 Å². The molecule has 0 aromatic rings. The molecule has 0 radical (unpaired) electrons. The molecule has 134 valence electrons. The van der Waals surface area contributed by atoms with Gasteiger partial charge < -0.3 is 14.5 Å². The highest BCUT2D eigenvalue weighted by Crippen LogP contribution is 2.54. The van der Waals surface area contributed by atoms with E-state index in [1.165, 1.54) is 45.4 Å². The number of likely N-dealkylation sites (N-methyl/N-ethyl adjacent to an activating group) is 1. The van der Waals surface area contributed by atoms with Crippen molar-refractivity contribution in [3.8, 4) is 0 Å². The lowest BCUT2D eigenvalue weighted by molar-refractivity contribution is -1.00. The van der Waals surface area contributed by atoms with E-state index in [0.717, 1.165) is 19.4 Å². The minimum Gasteiger partial charge on any atom is -0.462 e. The Morgan fingerprint density at radius 1 is 1.25 bits per heavy atom. The van der Waals surface area contributed by atoms with E-state index >= 15 is 0 Å². The maximum Gasteiger partial charge on any atom is 0.315 e. The number of hydrogen-bond acceptors (Lipinski definition) is 2. The van der Waals surface area contributed by atoms with E-state index in [9.17, 15) is 4.79 Å². The van der Waals surface area contributed by atoms with Gasteiger partial charge >= 0.3 is 5.97 Å². The molecular formula is C20H34N2O2+2. The number of fused-ring (bicyclic) bond motifs is 2. The van der Waals surface area contributed by atoms with Gasteiger partial charge in [0, 0.05) is 5.92 Å². The van der Waals surface area contributed by atoms with Crippen LogP contribution in [0.1, 0.15) is 46.0 Å². The summed E-state index contributed by atoms with van der Waals surface area (Å²) in [6, 6.07) is 0. The molecule has 24 heavy (non-hydrogen) atoms. The molecule has 4 nitrogen and oxygen atoms in total. The second kappa shape index (κ2) is 6.14. The van der Waals surface area contributed by atoms with Crippen molar-refractivity contribution < 1.29 is 19.3 Å². The lowest BCUT2D eigenvalue weighted by Crippen LogP contribution is -3.27. The lowest BCUT2D eigenvalue weighted by Gasteiger charge is -2.45. The van der Waals surface area contributed by atoms with Gasteiger partial charge in [-0.05, 0) is 44.4 Å². The molecule has 0 aromatic carbocycles. The number of carbonyl (C=O) groups excluding carboxylic acids is 1. The summed E-state index contributed by atoms with van der Waals surface area (Å²) >= 11 is 0. The molecule has 4 atom stereocenters. The number of esters is 1. The van der Waals surface area contributed by atoms with Crippen molar-refractivity contribution in [1.82, 2.24) is 0 Å². The van der Waals surface area contributed by atoms with Crippen molar-refractivity contribution in [1.29, 1.82) is 0 Å². The van der Waals surface area contributed by atoms with E-state index in [4.69, 9.17) is 4.74 Å². The van der Waals surface area contributed by atoms with Gasteiger partial charge in [0.2, 0.25) is 0 Å². The normalized spacial score (nSPS) is 45.6. The van der Waals surface area contributed by atoms with Crippen LogP contribution in [0.25, 0.3) is 0 Å². The fourth-order valence-corrected chi connectivity index (χ4v) is 5.89. The zero-order chi connectivity index (χ0) is 16.9. The van der Waals surface area contributed by atoms with Crippen LogP contribution in [-0.2, 0) is 9.53 Å². The van der Waals surface area contributed by atoms with E-state index < -0.39 is 0 Å². The van der Waals surface area contributed by atoms with Crippen LogP contribution in [0.3, 0.4) is 0 Å². The van der Waals surface area contributed by atoms with Crippen LogP contribution in [0, 0.1) is 17.3 Å². The molecule has 2 saturated heterocycles. The number of allylic oxidation sites excluding steroid dienone is 2. The zero-order valence-electron chi connectivity index (χ0n) is 15.6. The van der Waals surface area contributed by atoms with Crippen LogP contribution in [0.2, 0.25) is 0 Å². The first-order valence-electron chi connectivity index (χ1n) is 10.0. The van der Waals surface area contributed by atoms with Gasteiger partial charge in [-0.25, -0.2) is 0 Å². The SMILES string of the molecule is CC1=C2C[C@@H]3[C@H](C[NH+]4CC[NH+](C)CC4)C(=O)O[C@@H]3C[C@]2(C)CCC1. The van der Waals surface area contributed by atoms with Gasteiger partial charge in [-0.2, -0.15) is 0 Å². The molecule has 4 rings (SSSR count). The van der Waals surface area contributed by atoms with Crippen LogP contribution in [-0.4, -0.2) is 51.8 Å². The second-order valence-electron chi connectivity index (χ2n) is 9.24. The summed E-state index contributed by atoms with van der Waals surface area (Å²) in [5.74, 6) is 0.674. The first-order chi connectivity index (χ1) is 11.5. The summed E-state index contributed by atoms with van der Waals surface area (Å²) in [6.45, 7) is 10.6. The van der Waals surface area contributed by atoms with Crippen molar-refractivity contribution in [2.45, 2.75) is 52.1 Å². The predicted molar refractivity (Wildman–Crippen MR) is 92.9 cm³/mol. The Kier molecular flexibility index (Phi) is 4.24. The average Bonchev–Trinajstić information content (AvgIpc) is 2.82. The maximum atomic E-state index is 12.6. The number of carbonyl (C=O) groups is 1. The molecule has 4 heteroatoms. The minimum atomic E-state index is 0.101. The Morgan fingerprint density at radius 2 is 2.00 bits per heavy atom. The minimum absolute atomic E-state index is 0.101. The molecule has 0 aromatic heterocycles. The standard InChI is InChI=1S/C20H32N2O2/c1-14-5-4-6-20(2)12-18-15(11-17(14)20)16(19(23)24-18)13-22-9-7-21(3)8-10-22/h15-16,18H,4-13H2,1-3H3/p+2/t15-,16+,18-,20+/m1/s1. The monoisotopic (exact) mass is 334 g/mol. The number of ether oxygens (including phenoxy) is 1. The predicted octanol–water partition coefficient (Wildman–Crippen LogP) is -0.142.